The molecule has 5 nitrogen and oxygen atoms in total. The van der Waals surface area contributed by atoms with Gasteiger partial charge in [-0.1, -0.05) is 53.8 Å². The first kappa shape index (κ1) is 18.7. The molecular formula is C21H21FN4OS. The van der Waals surface area contributed by atoms with Crippen molar-refractivity contribution in [1.82, 2.24) is 15.1 Å². The Morgan fingerprint density at radius 3 is 2.71 bits per heavy atom. The van der Waals surface area contributed by atoms with Crippen molar-refractivity contribution >= 4 is 22.4 Å². The zero-order valence-corrected chi connectivity index (χ0v) is 16.2. The lowest BCUT2D eigenvalue weighted by atomic mass is 9.97. The third-order valence-electron chi connectivity index (χ3n) is 4.87. The van der Waals surface area contributed by atoms with Gasteiger partial charge in [0.05, 0.1) is 5.92 Å². The van der Waals surface area contributed by atoms with Crippen molar-refractivity contribution in [3.8, 4) is 10.6 Å². The number of benzene rings is 2. The molecule has 1 atom stereocenters. The molecule has 1 aromatic heterocycles. The Kier molecular flexibility index (Phi) is 5.73. The van der Waals surface area contributed by atoms with Crippen LogP contribution in [-0.2, 0) is 11.3 Å². The van der Waals surface area contributed by atoms with Crippen LogP contribution in [0.2, 0.25) is 0 Å². The van der Waals surface area contributed by atoms with Gasteiger partial charge in [-0.25, -0.2) is 4.39 Å². The summed E-state index contributed by atoms with van der Waals surface area (Å²) in [6.45, 7) is 2.35. The molecule has 28 heavy (non-hydrogen) atoms. The van der Waals surface area contributed by atoms with Crippen molar-refractivity contribution in [2.24, 2.45) is 5.92 Å². The molecule has 0 saturated carbocycles. The van der Waals surface area contributed by atoms with E-state index in [1.807, 2.05) is 30.3 Å². The molecule has 1 unspecified atom stereocenters. The number of amides is 1. The van der Waals surface area contributed by atoms with E-state index in [0.717, 1.165) is 42.1 Å². The van der Waals surface area contributed by atoms with Gasteiger partial charge in [-0.3, -0.25) is 9.69 Å². The highest BCUT2D eigenvalue weighted by Gasteiger charge is 2.26. The van der Waals surface area contributed by atoms with E-state index in [1.54, 1.807) is 12.1 Å². The number of nitrogens with one attached hydrogen (secondary N) is 1. The molecule has 3 aromatic rings. The fourth-order valence-electron chi connectivity index (χ4n) is 3.44. The van der Waals surface area contributed by atoms with Crippen LogP contribution >= 0.6 is 11.3 Å². The largest absolute Gasteiger partial charge is 0.300 e. The van der Waals surface area contributed by atoms with Gasteiger partial charge in [0.25, 0.3) is 0 Å². The maximum absolute atomic E-state index is 13.1. The van der Waals surface area contributed by atoms with E-state index in [1.165, 1.54) is 23.5 Å². The van der Waals surface area contributed by atoms with Crippen molar-refractivity contribution < 1.29 is 9.18 Å². The normalized spacial score (nSPS) is 17.4. The number of anilines is 1. The summed E-state index contributed by atoms with van der Waals surface area (Å²) in [6, 6.07) is 16.3. The summed E-state index contributed by atoms with van der Waals surface area (Å²) in [7, 11) is 0. The summed E-state index contributed by atoms with van der Waals surface area (Å²) >= 11 is 1.38. The lowest BCUT2D eigenvalue weighted by Gasteiger charge is -2.31. The topological polar surface area (TPSA) is 58.1 Å². The number of halogens is 1. The van der Waals surface area contributed by atoms with Crippen LogP contribution in [0.1, 0.15) is 18.4 Å². The average molecular weight is 396 g/mol. The lowest BCUT2D eigenvalue weighted by molar-refractivity contribution is -0.121. The smallest absolute Gasteiger partial charge is 0.230 e. The molecule has 1 aliphatic heterocycles. The average Bonchev–Trinajstić information content (AvgIpc) is 3.19. The Bertz CT molecular complexity index is 929. The number of aromatic nitrogens is 2. The summed E-state index contributed by atoms with van der Waals surface area (Å²) in [5.74, 6) is -0.329. The van der Waals surface area contributed by atoms with Gasteiger partial charge >= 0.3 is 0 Å². The van der Waals surface area contributed by atoms with E-state index in [9.17, 15) is 9.18 Å². The molecule has 1 aliphatic rings. The molecule has 0 aliphatic carbocycles. The van der Waals surface area contributed by atoms with Gasteiger partial charge in [-0.15, -0.1) is 10.2 Å². The maximum atomic E-state index is 13.1. The molecular weight excluding hydrogens is 375 g/mol. The molecule has 2 aromatic carbocycles. The molecule has 1 amide bonds. The van der Waals surface area contributed by atoms with Gasteiger partial charge in [0.1, 0.15) is 10.8 Å². The van der Waals surface area contributed by atoms with Gasteiger partial charge in [0.2, 0.25) is 11.0 Å². The quantitative estimate of drug-likeness (QED) is 0.702. The monoisotopic (exact) mass is 396 g/mol. The third-order valence-corrected chi connectivity index (χ3v) is 5.76. The van der Waals surface area contributed by atoms with Crippen molar-refractivity contribution in [3.05, 3.63) is 66.0 Å². The van der Waals surface area contributed by atoms with Gasteiger partial charge < -0.3 is 5.32 Å². The van der Waals surface area contributed by atoms with Crippen LogP contribution in [-0.4, -0.2) is 34.1 Å². The van der Waals surface area contributed by atoms with Crippen LogP contribution in [0.15, 0.2) is 54.6 Å². The first-order chi connectivity index (χ1) is 13.7. The zero-order chi connectivity index (χ0) is 19.3. The molecule has 1 N–H and O–H groups in total. The van der Waals surface area contributed by atoms with E-state index in [2.05, 4.69) is 20.4 Å². The predicted molar refractivity (Wildman–Crippen MR) is 108 cm³/mol. The fourth-order valence-corrected chi connectivity index (χ4v) is 4.19. The number of carbonyl (C=O) groups is 1. The minimum absolute atomic E-state index is 0.0143. The van der Waals surface area contributed by atoms with Crippen molar-refractivity contribution in [3.63, 3.8) is 0 Å². The zero-order valence-electron chi connectivity index (χ0n) is 15.3. The minimum Gasteiger partial charge on any atom is -0.300 e. The highest BCUT2D eigenvalue weighted by Crippen LogP contribution is 2.27. The summed E-state index contributed by atoms with van der Waals surface area (Å²) in [5, 5.41) is 12.5. The first-order valence-electron chi connectivity index (χ1n) is 9.34. The maximum Gasteiger partial charge on any atom is 0.230 e. The van der Waals surface area contributed by atoms with E-state index in [4.69, 9.17) is 0 Å². The first-order valence-corrected chi connectivity index (χ1v) is 10.2. The molecule has 1 fully saturated rings. The van der Waals surface area contributed by atoms with Crippen LogP contribution in [0.5, 0.6) is 0 Å². The molecule has 0 radical (unpaired) electrons. The van der Waals surface area contributed by atoms with Crippen LogP contribution in [0.4, 0.5) is 9.52 Å². The summed E-state index contributed by atoms with van der Waals surface area (Å²) in [5.41, 5.74) is 2.04. The van der Waals surface area contributed by atoms with Crippen molar-refractivity contribution in [2.75, 3.05) is 18.4 Å². The van der Waals surface area contributed by atoms with Crippen LogP contribution in [0.25, 0.3) is 10.6 Å². The number of nitrogens with zero attached hydrogens (tertiary/aromatic N) is 3. The molecule has 4 rings (SSSR count). The van der Waals surface area contributed by atoms with E-state index < -0.39 is 0 Å². The fraction of sp³-hybridized carbons (Fsp3) is 0.286. The second-order valence-corrected chi connectivity index (χ2v) is 7.95. The number of piperidine rings is 1. The van der Waals surface area contributed by atoms with Crippen LogP contribution < -0.4 is 5.32 Å². The summed E-state index contributed by atoms with van der Waals surface area (Å²) in [6.07, 6.45) is 1.82. The number of likely N-dealkylation sites (tertiary alicyclic amines) is 1. The Balaban J connectivity index is 1.35. The minimum atomic E-state index is -0.230. The highest BCUT2D eigenvalue weighted by molar-refractivity contribution is 7.18. The molecule has 144 valence electrons. The number of rotatable bonds is 5. The molecule has 7 heteroatoms. The molecule has 2 heterocycles. The second kappa shape index (κ2) is 8.58. The lowest BCUT2D eigenvalue weighted by Crippen LogP contribution is -2.40. The van der Waals surface area contributed by atoms with Crippen LogP contribution in [0, 0.1) is 11.7 Å². The Morgan fingerprint density at radius 1 is 1.14 bits per heavy atom. The predicted octanol–water partition coefficient (Wildman–Crippen LogP) is 4.19. The molecule has 0 bridgehead atoms. The standard InChI is InChI=1S/C21H21FN4OS/c22-18-10-8-15(9-11-18)13-26-12-4-7-17(14-26)19(27)23-21-25-24-20(28-21)16-5-2-1-3-6-16/h1-3,5-6,8-11,17H,4,7,12-14H2,(H,23,25,27). The highest BCUT2D eigenvalue weighted by atomic mass is 32.1. The Labute approximate surface area is 167 Å². The van der Waals surface area contributed by atoms with Crippen LogP contribution in [0.3, 0.4) is 0 Å². The number of hydrogen-bond acceptors (Lipinski definition) is 5. The molecule has 0 spiro atoms. The Morgan fingerprint density at radius 2 is 1.93 bits per heavy atom. The summed E-state index contributed by atoms with van der Waals surface area (Å²) < 4.78 is 13.1. The van der Waals surface area contributed by atoms with Crippen molar-refractivity contribution in [2.45, 2.75) is 19.4 Å². The van der Waals surface area contributed by atoms with Gasteiger partial charge in [0.15, 0.2) is 0 Å². The SMILES string of the molecule is O=C(Nc1nnc(-c2ccccc2)s1)C1CCCN(Cc2ccc(F)cc2)C1. The van der Waals surface area contributed by atoms with E-state index in [0.29, 0.717) is 11.7 Å². The van der Waals surface area contributed by atoms with Crippen molar-refractivity contribution in [1.29, 1.82) is 0 Å². The van der Waals surface area contributed by atoms with Gasteiger partial charge in [-0.2, -0.15) is 0 Å². The number of carbonyl (C=O) groups excluding carboxylic acids is 1. The Hall–Kier alpha value is -2.64. The van der Waals surface area contributed by atoms with E-state index >= 15 is 0 Å². The third kappa shape index (κ3) is 4.61. The summed E-state index contributed by atoms with van der Waals surface area (Å²) in [4.78, 5) is 15.0. The number of hydrogen-bond donors (Lipinski definition) is 1. The van der Waals surface area contributed by atoms with Gasteiger partial charge in [-0.05, 0) is 37.1 Å². The molecule has 1 saturated heterocycles. The van der Waals surface area contributed by atoms with Gasteiger partial charge in [0, 0.05) is 18.7 Å². The second-order valence-electron chi connectivity index (χ2n) is 6.97. The van der Waals surface area contributed by atoms with E-state index in [-0.39, 0.29) is 17.6 Å².